The molecule has 0 aromatic carbocycles. The molecule has 0 aliphatic rings. The number of thiophene rings is 1. The summed E-state index contributed by atoms with van der Waals surface area (Å²) >= 11 is 3.59. The summed E-state index contributed by atoms with van der Waals surface area (Å²) in [6.07, 6.45) is 4.01. The molecule has 0 amide bonds. The molecule has 0 spiro atoms. The molecule has 0 unspecified atom stereocenters. The van der Waals surface area contributed by atoms with Crippen molar-refractivity contribution in [2.75, 3.05) is 6.26 Å². The molecule has 14 heavy (non-hydrogen) atoms. The predicted molar refractivity (Wildman–Crippen MR) is 67.5 cm³/mol. The van der Waals surface area contributed by atoms with Crippen LogP contribution in [-0.2, 0) is 0 Å². The number of pyridine rings is 1. The van der Waals surface area contributed by atoms with Gasteiger partial charge < -0.3 is 0 Å². The van der Waals surface area contributed by atoms with Gasteiger partial charge in [-0.15, -0.1) is 23.1 Å². The summed E-state index contributed by atoms with van der Waals surface area (Å²) in [6.45, 7) is 6.07. The van der Waals surface area contributed by atoms with Crippen LogP contribution in [0.1, 0.15) is 19.4 Å². The van der Waals surface area contributed by atoms with E-state index in [9.17, 15) is 0 Å². The summed E-state index contributed by atoms with van der Waals surface area (Å²) in [4.78, 5) is 4.35. The predicted octanol–water partition coefficient (Wildman–Crippen LogP) is 4.35. The van der Waals surface area contributed by atoms with Crippen LogP contribution in [0.5, 0.6) is 0 Å². The van der Waals surface area contributed by atoms with Gasteiger partial charge in [-0.05, 0) is 30.9 Å². The van der Waals surface area contributed by atoms with Crippen LogP contribution in [0.15, 0.2) is 22.5 Å². The summed E-state index contributed by atoms with van der Waals surface area (Å²) in [7, 11) is 0. The van der Waals surface area contributed by atoms with Crippen LogP contribution in [0.25, 0.3) is 10.2 Å². The Bertz CT molecular complexity index is 407. The zero-order valence-electron chi connectivity index (χ0n) is 9.00. The van der Waals surface area contributed by atoms with Crippen LogP contribution in [0.4, 0.5) is 0 Å². The van der Waals surface area contributed by atoms with Gasteiger partial charge in [0.1, 0.15) is 0 Å². The number of fused-ring (bicyclic) bond motifs is 1. The molecular weight excluding hydrogens is 210 g/mol. The van der Waals surface area contributed by atoms with Crippen molar-refractivity contribution < 1.29 is 0 Å². The minimum atomic E-state index is 1.12. The Balaban J connectivity index is 0.000000461. The average molecular weight is 225 g/mol. The fourth-order valence-electron chi connectivity index (χ4n) is 1.09. The van der Waals surface area contributed by atoms with Crippen LogP contribution in [-0.4, -0.2) is 11.2 Å². The maximum absolute atomic E-state index is 4.35. The van der Waals surface area contributed by atoms with Crippen molar-refractivity contribution in [3.8, 4) is 0 Å². The first-order valence-corrected chi connectivity index (χ1v) is 6.74. The first-order valence-electron chi connectivity index (χ1n) is 4.70. The Morgan fingerprint density at radius 3 is 2.64 bits per heavy atom. The first kappa shape index (κ1) is 11.5. The lowest BCUT2D eigenvalue weighted by molar-refractivity contribution is 1.34. The maximum Gasteiger partial charge on any atom is 0.0821 e. The van der Waals surface area contributed by atoms with Gasteiger partial charge in [-0.1, -0.05) is 13.8 Å². The van der Waals surface area contributed by atoms with Crippen molar-refractivity contribution >= 4 is 33.3 Å². The molecule has 0 bridgehead atoms. The molecule has 3 heteroatoms. The Hall–Kier alpha value is -0.540. The molecule has 2 heterocycles. The topological polar surface area (TPSA) is 12.9 Å². The highest BCUT2D eigenvalue weighted by Crippen LogP contribution is 2.30. The van der Waals surface area contributed by atoms with Gasteiger partial charge in [0.15, 0.2) is 0 Å². The molecule has 0 atom stereocenters. The number of hydrogen-bond donors (Lipinski definition) is 0. The Labute approximate surface area is 93.6 Å². The van der Waals surface area contributed by atoms with Crippen molar-refractivity contribution in [2.45, 2.75) is 25.0 Å². The lowest BCUT2D eigenvalue weighted by Gasteiger charge is -1.89. The molecule has 0 fully saturated rings. The van der Waals surface area contributed by atoms with Crippen LogP contribution in [0.2, 0.25) is 0 Å². The largest absolute Gasteiger partial charge is 0.255 e. The highest BCUT2D eigenvalue weighted by molar-refractivity contribution is 8.00. The first-order chi connectivity index (χ1) is 6.79. The van der Waals surface area contributed by atoms with E-state index in [2.05, 4.69) is 30.3 Å². The molecule has 0 aliphatic carbocycles. The Morgan fingerprint density at radius 2 is 2.00 bits per heavy atom. The molecule has 1 nitrogen and oxygen atoms in total. The standard InChI is InChI=1S/C9H9NS2.C2H6/c1-6-3-8-7(10-5-6)4-9(11-2)12-8;1-2/h3-5H,1-2H3;1-2H3. The fraction of sp³-hybridized carbons (Fsp3) is 0.364. The summed E-state index contributed by atoms with van der Waals surface area (Å²) in [5, 5.41) is 0. The van der Waals surface area contributed by atoms with Crippen molar-refractivity contribution in [1.82, 2.24) is 4.98 Å². The minimum absolute atomic E-state index is 1.12. The molecule has 0 saturated carbocycles. The van der Waals surface area contributed by atoms with Gasteiger partial charge in [0, 0.05) is 6.20 Å². The zero-order valence-corrected chi connectivity index (χ0v) is 10.6. The normalized spacial score (nSPS) is 9.71. The summed E-state index contributed by atoms with van der Waals surface area (Å²) in [5.41, 5.74) is 2.35. The highest BCUT2D eigenvalue weighted by Gasteiger charge is 2.00. The van der Waals surface area contributed by atoms with Crippen molar-refractivity contribution in [2.24, 2.45) is 0 Å². The second-order valence-electron chi connectivity index (χ2n) is 2.67. The van der Waals surface area contributed by atoms with E-state index in [1.807, 2.05) is 31.4 Å². The minimum Gasteiger partial charge on any atom is -0.255 e. The molecule has 0 N–H and O–H groups in total. The number of rotatable bonds is 1. The number of nitrogens with zero attached hydrogens (tertiary/aromatic N) is 1. The van der Waals surface area contributed by atoms with Gasteiger partial charge in [-0.3, -0.25) is 4.98 Å². The second kappa shape index (κ2) is 5.37. The number of thioether (sulfide) groups is 1. The lowest BCUT2D eigenvalue weighted by Crippen LogP contribution is -1.73. The molecule has 0 radical (unpaired) electrons. The van der Waals surface area contributed by atoms with E-state index in [0.29, 0.717) is 0 Å². The van der Waals surface area contributed by atoms with Crippen LogP contribution in [0, 0.1) is 6.92 Å². The van der Waals surface area contributed by atoms with Crippen molar-refractivity contribution in [1.29, 1.82) is 0 Å². The zero-order chi connectivity index (χ0) is 10.6. The quantitative estimate of drug-likeness (QED) is 0.669. The molecule has 0 aliphatic heterocycles. The summed E-state index contributed by atoms with van der Waals surface area (Å²) < 4.78 is 2.63. The van der Waals surface area contributed by atoms with E-state index in [4.69, 9.17) is 0 Å². The van der Waals surface area contributed by atoms with E-state index in [-0.39, 0.29) is 0 Å². The molecular formula is C11H15NS2. The molecule has 2 aromatic heterocycles. The van der Waals surface area contributed by atoms with Crippen LogP contribution < -0.4 is 0 Å². The lowest BCUT2D eigenvalue weighted by atomic mass is 10.3. The van der Waals surface area contributed by atoms with Gasteiger partial charge in [0.05, 0.1) is 14.4 Å². The molecule has 2 rings (SSSR count). The third-order valence-electron chi connectivity index (χ3n) is 1.68. The van der Waals surface area contributed by atoms with Crippen molar-refractivity contribution in [3.05, 3.63) is 23.9 Å². The van der Waals surface area contributed by atoms with E-state index in [1.54, 1.807) is 11.8 Å². The van der Waals surface area contributed by atoms with E-state index in [1.165, 1.54) is 14.5 Å². The Morgan fingerprint density at radius 1 is 1.29 bits per heavy atom. The third kappa shape index (κ3) is 2.49. The average Bonchev–Trinajstić information content (AvgIpc) is 2.62. The van der Waals surface area contributed by atoms with Gasteiger partial charge in [-0.2, -0.15) is 0 Å². The second-order valence-corrected chi connectivity index (χ2v) is 4.86. The Kier molecular flexibility index (Phi) is 4.42. The molecule has 76 valence electrons. The monoisotopic (exact) mass is 225 g/mol. The third-order valence-corrected chi connectivity index (χ3v) is 3.82. The van der Waals surface area contributed by atoms with Gasteiger partial charge in [0.25, 0.3) is 0 Å². The summed E-state index contributed by atoms with van der Waals surface area (Å²) in [5.74, 6) is 0. The fourth-order valence-corrected chi connectivity index (χ4v) is 2.77. The smallest absolute Gasteiger partial charge is 0.0821 e. The van der Waals surface area contributed by atoms with Gasteiger partial charge in [-0.25, -0.2) is 0 Å². The number of hydrogen-bond acceptors (Lipinski definition) is 3. The summed E-state index contributed by atoms with van der Waals surface area (Å²) in [6, 6.07) is 4.33. The van der Waals surface area contributed by atoms with E-state index >= 15 is 0 Å². The highest BCUT2D eigenvalue weighted by atomic mass is 32.2. The molecule has 0 saturated heterocycles. The van der Waals surface area contributed by atoms with Gasteiger partial charge in [0.2, 0.25) is 0 Å². The van der Waals surface area contributed by atoms with Crippen LogP contribution >= 0.6 is 23.1 Å². The maximum atomic E-state index is 4.35. The van der Waals surface area contributed by atoms with Crippen LogP contribution in [0.3, 0.4) is 0 Å². The van der Waals surface area contributed by atoms with E-state index in [0.717, 1.165) is 5.52 Å². The number of aromatic nitrogens is 1. The van der Waals surface area contributed by atoms with Gasteiger partial charge >= 0.3 is 0 Å². The van der Waals surface area contributed by atoms with Crippen molar-refractivity contribution in [3.63, 3.8) is 0 Å². The van der Waals surface area contributed by atoms with E-state index < -0.39 is 0 Å². The molecule has 2 aromatic rings. The SMILES string of the molecule is CC.CSc1cc2ncc(C)cc2s1. The number of aryl methyl sites for hydroxylation is 1.